The quantitative estimate of drug-likeness (QED) is 0.107. The molecule has 2 unspecified atom stereocenters. The fourth-order valence-electron chi connectivity index (χ4n) is 4.54. The second-order valence-corrected chi connectivity index (χ2v) is 10.6. The molecule has 0 spiro atoms. The van der Waals surface area contributed by atoms with Gasteiger partial charge in [0, 0.05) is 0 Å². The van der Waals surface area contributed by atoms with Crippen LogP contribution in [-0.2, 0) is 9.47 Å². The van der Waals surface area contributed by atoms with Crippen LogP contribution in [0, 0.1) is 0 Å². The summed E-state index contributed by atoms with van der Waals surface area (Å²) in [4.78, 5) is 0. The van der Waals surface area contributed by atoms with Gasteiger partial charge in [-0.2, -0.15) is 0 Å². The second kappa shape index (κ2) is 24.1. The molecule has 0 amide bonds. The van der Waals surface area contributed by atoms with Gasteiger partial charge in [0.15, 0.2) is 0 Å². The van der Waals surface area contributed by atoms with Gasteiger partial charge in [0.05, 0.1) is 25.4 Å². The average molecular weight is 453 g/mol. The summed E-state index contributed by atoms with van der Waals surface area (Å²) in [5.41, 5.74) is 0. The van der Waals surface area contributed by atoms with Crippen molar-refractivity contribution >= 4 is 0 Å². The molecule has 2 rings (SSSR count). The van der Waals surface area contributed by atoms with Crippen LogP contribution in [0.25, 0.3) is 0 Å². The van der Waals surface area contributed by atoms with Crippen molar-refractivity contribution < 1.29 is 9.47 Å². The average Bonchev–Trinajstić information content (AvgIpc) is 3.72. The van der Waals surface area contributed by atoms with E-state index in [9.17, 15) is 0 Å². The minimum absolute atomic E-state index is 0.651. The Morgan fingerprint density at radius 3 is 0.812 bits per heavy atom. The van der Waals surface area contributed by atoms with Crippen LogP contribution in [0.15, 0.2) is 0 Å². The van der Waals surface area contributed by atoms with E-state index in [1.807, 2.05) is 0 Å². The summed E-state index contributed by atoms with van der Waals surface area (Å²) in [5, 5.41) is 0. The highest BCUT2D eigenvalue weighted by atomic mass is 16.6. The zero-order valence-corrected chi connectivity index (χ0v) is 22.4. The molecule has 2 atom stereocenters. The van der Waals surface area contributed by atoms with Crippen LogP contribution in [-0.4, -0.2) is 25.4 Å². The molecule has 0 N–H and O–H groups in total. The summed E-state index contributed by atoms with van der Waals surface area (Å²) >= 11 is 0. The number of hydrogen-bond donors (Lipinski definition) is 0. The number of epoxide rings is 2. The van der Waals surface area contributed by atoms with E-state index in [1.54, 1.807) is 0 Å². The van der Waals surface area contributed by atoms with Crippen molar-refractivity contribution in [2.75, 3.05) is 13.2 Å². The second-order valence-electron chi connectivity index (χ2n) is 10.6. The maximum atomic E-state index is 5.21. The third kappa shape index (κ3) is 24.6. The molecule has 2 nitrogen and oxygen atoms in total. The Kier molecular flexibility index (Phi) is 22.5. The van der Waals surface area contributed by atoms with E-state index in [4.69, 9.17) is 9.47 Å². The van der Waals surface area contributed by atoms with E-state index in [1.165, 1.54) is 154 Å². The van der Waals surface area contributed by atoms with Crippen molar-refractivity contribution in [2.24, 2.45) is 0 Å². The lowest BCUT2D eigenvalue weighted by Gasteiger charge is -2.02. The predicted molar refractivity (Wildman–Crippen MR) is 142 cm³/mol. The minimum Gasteiger partial charge on any atom is -0.373 e. The van der Waals surface area contributed by atoms with Crippen molar-refractivity contribution in [1.82, 2.24) is 0 Å². The van der Waals surface area contributed by atoms with Crippen molar-refractivity contribution in [3.8, 4) is 0 Å². The van der Waals surface area contributed by atoms with Gasteiger partial charge in [-0.25, -0.2) is 0 Å². The van der Waals surface area contributed by atoms with Crippen LogP contribution in [0.5, 0.6) is 0 Å². The lowest BCUT2D eigenvalue weighted by molar-refractivity contribution is 0.387. The highest BCUT2D eigenvalue weighted by Gasteiger charge is 2.21. The van der Waals surface area contributed by atoms with Crippen molar-refractivity contribution in [2.45, 2.75) is 180 Å². The first-order valence-corrected chi connectivity index (χ1v) is 15.1. The van der Waals surface area contributed by atoms with Crippen LogP contribution in [0.1, 0.15) is 168 Å². The van der Waals surface area contributed by atoms with E-state index in [-0.39, 0.29) is 0 Å². The van der Waals surface area contributed by atoms with Gasteiger partial charge in [-0.3, -0.25) is 0 Å². The molecule has 0 aromatic rings. The SMILES string of the molecule is CCCCCCCCCCCCC1CO1.CCCCCCCCCCCCCCC1CO1. The van der Waals surface area contributed by atoms with E-state index in [0.29, 0.717) is 12.2 Å². The van der Waals surface area contributed by atoms with Crippen LogP contribution in [0.3, 0.4) is 0 Å². The Morgan fingerprint density at radius 2 is 0.594 bits per heavy atom. The molecule has 32 heavy (non-hydrogen) atoms. The molecule has 2 aliphatic heterocycles. The number of hydrogen-bond acceptors (Lipinski definition) is 2. The first kappa shape index (κ1) is 30.0. The fourth-order valence-corrected chi connectivity index (χ4v) is 4.54. The Labute approximate surface area is 203 Å². The standard InChI is InChI=1S/C16H32O.C14H28O/c1-2-3-4-5-6-7-8-9-10-11-12-13-14-16-15-17-16;1-2-3-4-5-6-7-8-9-10-11-12-14-13-15-14/h16H,2-15H2,1H3;14H,2-13H2,1H3. The van der Waals surface area contributed by atoms with Gasteiger partial charge in [-0.1, -0.05) is 155 Å². The van der Waals surface area contributed by atoms with E-state index in [0.717, 1.165) is 13.2 Å². The van der Waals surface area contributed by atoms with Crippen LogP contribution < -0.4 is 0 Å². The van der Waals surface area contributed by atoms with Gasteiger partial charge >= 0.3 is 0 Å². The third-order valence-corrected chi connectivity index (χ3v) is 7.06. The zero-order valence-electron chi connectivity index (χ0n) is 22.4. The summed E-state index contributed by atoms with van der Waals surface area (Å²) in [7, 11) is 0. The molecule has 2 aliphatic rings. The maximum Gasteiger partial charge on any atom is 0.0810 e. The van der Waals surface area contributed by atoms with E-state index in [2.05, 4.69) is 13.8 Å². The Balaban J connectivity index is 0.000000323. The molecular weight excluding hydrogens is 392 g/mol. The van der Waals surface area contributed by atoms with Crippen molar-refractivity contribution in [3.05, 3.63) is 0 Å². The van der Waals surface area contributed by atoms with Gasteiger partial charge in [0.25, 0.3) is 0 Å². The van der Waals surface area contributed by atoms with E-state index >= 15 is 0 Å². The Hall–Kier alpha value is -0.0800. The topological polar surface area (TPSA) is 25.1 Å². The smallest absolute Gasteiger partial charge is 0.0810 e. The zero-order chi connectivity index (χ0) is 23.0. The molecule has 0 aromatic carbocycles. The molecule has 0 aromatic heterocycles. The number of unbranched alkanes of at least 4 members (excludes halogenated alkanes) is 20. The first-order valence-electron chi connectivity index (χ1n) is 15.1. The van der Waals surface area contributed by atoms with Crippen molar-refractivity contribution in [1.29, 1.82) is 0 Å². The summed E-state index contributed by atoms with van der Waals surface area (Å²) in [6.07, 6.45) is 35.6. The van der Waals surface area contributed by atoms with Gasteiger partial charge in [-0.15, -0.1) is 0 Å². The van der Waals surface area contributed by atoms with Crippen LogP contribution >= 0.6 is 0 Å². The monoisotopic (exact) mass is 452 g/mol. The minimum atomic E-state index is 0.651. The van der Waals surface area contributed by atoms with Gasteiger partial charge in [0.2, 0.25) is 0 Å². The summed E-state index contributed by atoms with van der Waals surface area (Å²) in [6, 6.07) is 0. The summed E-state index contributed by atoms with van der Waals surface area (Å²) < 4.78 is 10.4. The highest BCUT2D eigenvalue weighted by Crippen LogP contribution is 2.19. The molecule has 2 heterocycles. The number of ether oxygens (including phenoxy) is 2. The molecule has 0 saturated carbocycles. The molecule has 2 heteroatoms. The maximum absolute atomic E-state index is 5.21. The number of rotatable bonds is 24. The largest absolute Gasteiger partial charge is 0.373 e. The van der Waals surface area contributed by atoms with Crippen LogP contribution in [0.2, 0.25) is 0 Å². The molecular formula is C30H60O2. The lowest BCUT2D eigenvalue weighted by atomic mass is 10.0. The Bertz CT molecular complexity index is 349. The molecule has 0 aliphatic carbocycles. The Morgan fingerprint density at radius 1 is 0.375 bits per heavy atom. The summed E-state index contributed by atoms with van der Waals surface area (Å²) in [5.74, 6) is 0. The molecule has 2 saturated heterocycles. The first-order chi connectivity index (χ1) is 15.9. The normalized spacial score (nSPS) is 18.9. The lowest BCUT2D eigenvalue weighted by Crippen LogP contribution is -1.86. The van der Waals surface area contributed by atoms with Gasteiger partial charge in [-0.05, 0) is 12.8 Å². The molecule has 0 radical (unpaired) electrons. The summed E-state index contributed by atoms with van der Waals surface area (Å²) in [6.45, 7) is 6.65. The molecule has 192 valence electrons. The predicted octanol–water partition coefficient (Wildman–Crippen LogP) is 10.2. The van der Waals surface area contributed by atoms with E-state index < -0.39 is 0 Å². The molecule has 2 fully saturated rings. The highest BCUT2D eigenvalue weighted by molar-refractivity contribution is 4.68. The van der Waals surface area contributed by atoms with Crippen molar-refractivity contribution in [3.63, 3.8) is 0 Å². The molecule has 0 bridgehead atoms. The van der Waals surface area contributed by atoms with Gasteiger partial charge in [0.1, 0.15) is 0 Å². The fraction of sp³-hybridized carbons (Fsp3) is 1.00. The van der Waals surface area contributed by atoms with Crippen LogP contribution in [0.4, 0.5) is 0 Å². The van der Waals surface area contributed by atoms with Gasteiger partial charge < -0.3 is 9.47 Å². The third-order valence-electron chi connectivity index (χ3n) is 7.06.